The summed E-state index contributed by atoms with van der Waals surface area (Å²) in [5.74, 6) is 0.733. The summed E-state index contributed by atoms with van der Waals surface area (Å²) < 4.78 is 0. The number of aromatic nitrogens is 1. The van der Waals surface area contributed by atoms with Gasteiger partial charge in [0.15, 0.2) is 0 Å². The van der Waals surface area contributed by atoms with Gasteiger partial charge >= 0.3 is 0 Å². The third kappa shape index (κ3) is 4.18. The van der Waals surface area contributed by atoms with Gasteiger partial charge in [0.25, 0.3) is 0 Å². The van der Waals surface area contributed by atoms with Crippen LogP contribution in [0.3, 0.4) is 0 Å². The molecule has 0 spiro atoms. The molecule has 114 valence electrons. The number of piperazine rings is 1. The Kier molecular flexibility index (Phi) is 5.14. The molecule has 1 N–H and O–H groups in total. The Hall–Kier alpha value is -2.11. The summed E-state index contributed by atoms with van der Waals surface area (Å²) in [6.07, 6.45) is 1.77. The van der Waals surface area contributed by atoms with E-state index in [2.05, 4.69) is 15.2 Å². The van der Waals surface area contributed by atoms with Crippen molar-refractivity contribution in [3.8, 4) is 0 Å². The summed E-state index contributed by atoms with van der Waals surface area (Å²) in [6.45, 7) is 6.55. The average molecular weight is 290 g/mol. The lowest BCUT2D eigenvalue weighted by Crippen LogP contribution is -2.51. The second kappa shape index (κ2) is 7.06. The van der Waals surface area contributed by atoms with Crippen molar-refractivity contribution < 1.29 is 9.59 Å². The van der Waals surface area contributed by atoms with Crippen molar-refractivity contribution in [2.45, 2.75) is 13.8 Å². The first kappa shape index (κ1) is 15.3. The van der Waals surface area contributed by atoms with E-state index in [1.54, 1.807) is 11.1 Å². The quantitative estimate of drug-likeness (QED) is 0.877. The van der Waals surface area contributed by atoms with Gasteiger partial charge in [-0.1, -0.05) is 19.9 Å². The number of hydrogen-bond donors (Lipinski definition) is 1. The molecule has 2 heterocycles. The van der Waals surface area contributed by atoms with Crippen LogP contribution in [0.5, 0.6) is 0 Å². The van der Waals surface area contributed by atoms with E-state index >= 15 is 0 Å². The molecule has 0 bridgehead atoms. The van der Waals surface area contributed by atoms with Gasteiger partial charge in [0.05, 0.1) is 6.54 Å². The molecule has 0 atom stereocenters. The average Bonchev–Trinajstić information content (AvgIpc) is 2.53. The lowest BCUT2D eigenvalue weighted by atomic mass is 10.2. The number of carbonyl (C=O) groups is 2. The van der Waals surface area contributed by atoms with Crippen molar-refractivity contribution >= 4 is 17.6 Å². The molecule has 1 saturated heterocycles. The highest BCUT2D eigenvalue weighted by Gasteiger charge is 2.22. The SMILES string of the molecule is CC(C)C(=O)NCC(=O)N1CCN(c2ccccn2)CC1. The summed E-state index contributed by atoms with van der Waals surface area (Å²) in [4.78, 5) is 31.8. The van der Waals surface area contributed by atoms with E-state index in [4.69, 9.17) is 0 Å². The zero-order valence-corrected chi connectivity index (χ0v) is 12.6. The highest BCUT2D eigenvalue weighted by Crippen LogP contribution is 2.12. The fraction of sp³-hybridized carbons (Fsp3) is 0.533. The number of hydrogen-bond acceptors (Lipinski definition) is 4. The lowest BCUT2D eigenvalue weighted by molar-refractivity contribution is -0.133. The molecule has 0 aliphatic carbocycles. The van der Waals surface area contributed by atoms with E-state index in [9.17, 15) is 9.59 Å². The zero-order valence-electron chi connectivity index (χ0n) is 12.6. The Morgan fingerprint density at radius 3 is 2.52 bits per heavy atom. The second-order valence-corrected chi connectivity index (χ2v) is 5.43. The minimum Gasteiger partial charge on any atom is -0.353 e. The van der Waals surface area contributed by atoms with E-state index in [1.807, 2.05) is 32.0 Å². The molecule has 1 fully saturated rings. The molecular formula is C15H22N4O2. The summed E-state index contributed by atoms with van der Waals surface area (Å²) in [5, 5.41) is 2.67. The van der Waals surface area contributed by atoms with E-state index in [0.29, 0.717) is 13.1 Å². The minimum atomic E-state index is -0.0983. The smallest absolute Gasteiger partial charge is 0.242 e. The molecule has 2 rings (SSSR count). The van der Waals surface area contributed by atoms with Crippen LogP contribution < -0.4 is 10.2 Å². The Morgan fingerprint density at radius 2 is 1.95 bits per heavy atom. The number of carbonyl (C=O) groups excluding carboxylic acids is 2. The molecule has 0 saturated carbocycles. The molecule has 6 nitrogen and oxygen atoms in total. The molecule has 0 radical (unpaired) electrons. The number of amides is 2. The Bertz CT molecular complexity index is 482. The summed E-state index contributed by atoms with van der Waals surface area (Å²) in [6, 6.07) is 5.82. The maximum atomic E-state index is 12.0. The van der Waals surface area contributed by atoms with E-state index in [1.165, 1.54) is 0 Å². The molecule has 1 aliphatic heterocycles. The number of pyridine rings is 1. The number of anilines is 1. The molecule has 2 amide bonds. The monoisotopic (exact) mass is 290 g/mol. The second-order valence-electron chi connectivity index (χ2n) is 5.43. The summed E-state index contributed by atoms with van der Waals surface area (Å²) in [7, 11) is 0. The third-order valence-electron chi connectivity index (χ3n) is 3.54. The van der Waals surface area contributed by atoms with Gasteiger partial charge < -0.3 is 15.1 Å². The van der Waals surface area contributed by atoms with Gasteiger partial charge in [0, 0.05) is 38.3 Å². The number of rotatable bonds is 4. The minimum absolute atomic E-state index is 0.0235. The first-order chi connectivity index (χ1) is 10.1. The number of nitrogens with one attached hydrogen (secondary N) is 1. The van der Waals surface area contributed by atoms with E-state index in [-0.39, 0.29) is 24.3 Å². The van der Waals surface area contributed by atoms with Crippen LogP contribution in [0, 0.1) is 5.92 Å². The van der Waals surface area contributed by atoms with Gasteiger partial charge in [0.1, 0.15) is 5.82 Å². The van der Waals surface area contributed by atoms with Gasteiger partial charge in [0.2, 0.25) is 11.8 Å². The fourth-order valence-corrected chi connectivity index (χ4v) is 2.20. The van der Waals surface area contributed by atoms with Gasteiger partial charge in [-0.2, -0.15) is 0 Å². The first-order valence-corrected chi connectivity index (χ1v) is 7.29. The van der Waals surface area contributed by atoms with Crippen molar-refractivity contribution in [1.29, 1.82) is 0 Å². The number of nitrogens with zero attached hydrogens (tertiary/aromatic N) is 3. The predicted molar refractivity (Wildman–Crippen MR) is 80.9 cm³/mol. The highest BCUT2D eigenvalue weighted by molar-refractivity contribution is 5.85. The Morgan fingerprint density at radius 1 is 1.24 bits per heavy atom. The van der Waals surface area contributed by atoms with Crippen LogP contribution in [0.2, 0.25) is 0 Å². The maximum absolute atomic E-state index is 12.0. The molecule has 1 aromatic rings. The summed E-state index contributed by atoms with van der Waals surface area (Å²) in [5.41, 5.74) is 0. The molecule has 0 aromatic carbocycles. The van der Waals surface area contributed by atoms with Crippen LogP contribution in [0.15, 0.2) is 24.4 Å². The molecule has 21 heavy (non-hydrogen) atoms. The van der Waals surface area contributed by atoms with Crippen LogP contribution in [0.1, 0.15) is 13.8 Å². The van der Waals surface area contributed by atoms with Gasteiger partial charge in [-0.05, 0) is 12.1 Å². The Labute approximate surface area is 125 Å². The third-order valence-corrected chi connectivity index (χ3v) is 3.54. The van der Waals surface area contributed by atoms with Crippen LogP contribution in [0.4, 0.5) is 5.82 Å². The maximum Gasteiger partial charge on any atom is 0.242 e. The van der Waals surface area contributed by atoms with Gasteiger partial charge in [-0.3, -0.25) is 9.59 Å². The van der Waals surface area contributed by atoms with Crippen molar-refractivity contribution in [3.63, 3.8) is 0 Å². The summed E-state index contributed by atoms with van der Waals surface area (Å²) >= 11 is 0. The normalized spacial score (nSPS) is 15.2. The zero-order chi connectivity index (χ0) is 15.2. The predicted octanol–water partition coefficient (Wildman–Crippen LogP) is 0.502. The fourth-order valence-electron chi connectivity index (χ4n) is 2.20. The molecule has 6 heteroatoms. The van der Waals surface area contributed by atoms with Gasteiger partial charge in [-0.25, -0.2) is 4.98 Å². The van der Waals surface area contributed by atoms with Crippen molar-refractivity contribution in [2.24, 2.45) is 5.92 Å². The van der Waals surface area contributed by atoms with Crippen molar-refractivity contribution in [2.75, 3.05) is 37.6 Å². The van der Waals surface area contributed by atoms with Crippen LogP contribution in [0.25, 0.3) is 0 Å². The lowest BCUT2D eigenvalue weighted by Gasteiger charge is -2.35. The van der Waals surface area contributed by atoms with E-state index < -0.39 is 0 Å². The van der Waals surface area contributed by atoms with Crippen molar-refractivity contribution in [3.05, 3.63) is 24.4 Å². The highest BCUT2D eigenvalue weighted by atomic mass is 16.2. The molecular weight excluding hydrogens is 268 g/mol. The van der Waals surface area contributed by atoms with Crippen LogP contribution in [-0.2, 0) is 9.59 Å². The Balaban J connectivity index is 1.78. The van der Waals surface area contributed by atoms with Crippen LogP contribution in [-0.4, -0.2) is 54.4 Å². The molecule has 1 aromatic heterocycles. The largest absolute Gasteiger partial charge is 0.353 e. The van der Waals surface area contributed by atoms with E-state index in [0.717, 1.165) is 18.9 Å². The standard InChI is InChI=1S/C15H22N4O2/c1-12(2)15(21)17-11-14(20)19-9-7-18(8-10-19)13-5-3-4-6-16-13/h3-6,12H,7-11H2,1-2H3,(H,17,21). The van der Waals surface area contributed by atoms with Crippen molar-refractivity contribution in [1.82, 2.24) is 15.2 Å². The molecule has 0 unspecified atom stereocenters. The topological polar surface area (TPSA) is 65.5 Å². The van der Waals surface area contributed by atoms with Gasteiger partial charge in [-0.15, -0.1) is 0 Å². The first-order valence-electron chi connectivity index (χ1n) is 7.29. The van der Waals surface area contributed by atoms with Crippen LogP contribution >= 0.6 is 0 Å². The molecule has 1 aliphatic rings.